The van der Waals surface area contributed by atoms with Gasteiger partial charge in [-0.15, -0.1) is 13.2 Å². The molecule has 0 heterocycles. The fourth-order valence-electron chi connectivity index (χ4n) is 3.45. The molecule has 0 aromatic rings. The highest BCUT2D eigenvalue weighted by molar-refractivity contribution is 5.65. The quantitative estimate of drug-likeness (QED) is 0.399. The average molecular weight is 353 g/mol. The first-order chi connectivity index (χ1) is 12.1. The van der Waals surface area contributed by atoms with E-state index >= 15 is 0 Å². The normalized spacial score (nSPS) is 20.4. The summed E-state index contributed by atoms with van der Waals surface area (Å²) < 4.78 is 5.99. The largest absolute Gasteiger partial charge is 0.465 e. The molecule has 1 aliphatic carbocycles. The molecule has 1 rings (SSSR count). The van der Waals surface area contributed by atoms with E-state index in [1.165, 1.54) is 24.2 Å². The van der Waals surface area contributed by atoms with Gasteiger partial charge in [-0.3, -0.25) is 0 Å². The van der Waals surface area contributed by atoms with Gasteiger partial charge >= 0.3 is 6.09 Å². The van der Waals surface area contributed by atoms with Crippen LogP contribution in [0.25, 0.3) is 0 Å². The van der Waals surface area contributed by atoms with Crippen LogP contribution in [0.1, 0.15) is 51.4 Å². The smallest absolute Gasteiger partial charge is 0.407 e. The van der Waals surface area contributed by atoms with Crippen LogP contribution in [0.3, 0.4) is 0 Å². The van der Waals surface area contributed by atoms with Crippen LogP contribution in [0.4, 0.5) is 4.79 Å². The minimum Gasteiger partial charge on any atom is -0.465 e. The summed E-state index contributed by atoms with van der Waals surface area (Å²) in [6.45, 7) is 10.7. The van der Waals surface area contributed by atoms with Crippen molar-refractivity contribution in [2.24, 2.45) is 0 Å². The lowest BCUT2D eigenvalue weighted by molar-refractivity contribution is 0.00835. The Morgan fingerprint density at radius 2 is 1.72 bits per heavy atom. The molecule has 1 aliphatic rings. The van der Waals surface area contributed by atoms with Crippen molar-refractivity contribution in [2.75, 3.05) is 33.3 Å². The van der Waals surface area contributed by atoms with Crippen molar-refractivity contribution in [1.82, 2.24) is 9.80 Å². The molecule has 0 bridgehead atoms. The fourth-order valence-corrected chi connectivity index (χ4v) is 3.45. The first-order valence-corrected chi connectivity index (χ1v) is 9.60. The lowest BCUT2D eigenvalue weighted by Gasteiger charge is -2.34. The fraction of sp³-hybridized carbons (Fsp3) is 0.750. The molecule has 0 aromatic heterocycles. The van der Waals surface area contributed by atoms with E-state index in [2.05, 4.69) is 25.1 Å². The second-order valence-electron chi connectivity index (χ2n) is 6.99. The monoisotopic (exact) mass is 352 g/mol. The molecule has 5 heteroatoms. The van der Waals surface area contributed by atoms with Gasteiger partial charge in [0.15, 0.2) is 0 Å². The van der Waals surface area contributed by atoms with Crippen LogP contribution in [-0.2, 0) is 4.74 Å². The standard InChI is InChI=1S/C20H36N2O3/c1-4-14-21(3)16-8-6-7-9-17-25-19-12-10-18(11-13-19)22(15-5-2)20(23)24/h4-5,18-19H,1-2,6-17H2,3H3,(H,23,24). The lowest BCUT2D eigenvalue weighted by atomic mass is 9.92. The number of rotatable bonds is 13. The van der Waals surface area contributed by atoms with Crippen molar-refractivity contribution in [3.63, 3.8) is 0 Å². The number of nitrogens with zero attached hydrogens (tertiary/aromatic N) is 2. The second kappa shape index (κ2) is 13.0. The second-order valence-corrected chi connectivity index (χ2v) is 6.99. The zero-order valence-corrected chi connectivity index (χ0v) is 15.9. The van der Waals surface area contributed by atoms with Crippen molar-refractivity contribution in [1.29, 1.82) is 0 Å². The Bertz CT molecular complexity index is 392. The Morgan fingerprint density at radius 3 is 2.32 bits per heavy atom. The number of amides is 1. The molecule has 0 radical (unpaired) electrons. The van der Waals surface area contributed by atoms with Gasteiger partial charge in [-0.2, -0.15) is 0 Å². The van der Waals surface area contributed by atoms with Gasteiger partial charge < -0.3 is 19.6 Å². The van der Waals surface area contributed by atoms with Crippen LogP contribution in [0.5, 0.6) is 0 Å². The van der Waals surface area contributed by atoms with Crippen LogP contribution >= 0.6 is 0 Å². The van der Waals surface area contributed by atoms with E-state index in [0.29, 0.717) is 12.6 Å². The predicted molar refractivity (Wildman–Crippen MR) is 103 cm³/mol. The highest BCUT2D eigenvalue weighted by Crippen LogP contribution is 2.25. The van der Waals surface area contributed by atoms with Crippen molar-refractivity contribution in [3.05, 3.63) is 25.3 Å². The molecule has 0 unspecified atom stereocenters. The lowest BCUT2D eigenvalue weighted by Crippen LogP contribution is -2.42. The van der Waals surface area contributed by atoms with Crippen LogP contribution in [0.2, 0.25) is 0 Å². The molecule has 0 spiro atoms. The predicted octanol–water partition coefficient (Wildman–Crippen LogP) is 4.16. The van der Waals surface area contributed by atoms with Gasteiger partial charge in [-0.05, 0) is 52.1 Å². The highest BCUT2D eigenvalue weighted by atomic mass is 16.5. The Labute approximate surface area is 153 Å². The third kappa shape index (κ3) is 9.07. The van der Waals surface area contributed by atoms with E-state index in [0.717, 1.165) is 51.8 Å². The van der Waals surface area contributed by atoms with Gasteiger partial charge in [-0.1, -0.05) is 25.0 Å². The van der Waals surface area contributed by atoms with Gasteiger partial charge in [0.05, 0.1) is 6.10 Å². The van der Waals surface area contributed by atoms with E-state index < -0.39 is 6.09 Å². The third-order valence-electron chi connectivity index (χ3n) is 4.88. The van der Waals surface area contributed by atoms with Gasteiger partial charge in [0.2, 0.25) is 0 Å². The summed E-state index contributed by atoms with van der Waals surface area (Å²) in [6, 6.07) is 0.114. The Morgan fingerprint density at radius 1 is 1.08 bits per heavy atom. The number of carboxylic acid groups (broad SMARTS) is 1. The van der Waals surface area contributed by atoms with Crippen molar-refractivity contribution in [2.45, 2.75) is 63.5 Å². The van der Waals surface area contributed by atoms with Gasteiger partial charge in [0.25, 0.3) is 0 Å². The number of carbonyl (C=O) groups is 1. The molecule has 1 amide bonds. The topological polar surface area (TPSA) is 53.0 Å². The first kappa shape index (κ1) is 21.7. The molecule has 0 saturated heterocycles. The van der Waals surface area contributed by atoms with Gasteiger partial charge in [0, 0.05) is 25.7 Å². The molecule has 1 fully saturated rings. The molecular weight excluding hydrogens is 316 g/mol. The number of unbranched alkanes of at least 4 members (excludes halogenated alkanes) is 3. The molecule has 5 nitrogen and oxygen atoms in total. The molecular formula is C20H36N2O3. The number of ether oxygens (including phenoxy) is 1. The minimum atomic E-state index is -0.844. The summed E-state index contributed by atoms with van der Waals surface area (Å²) in [4.78, 5) is 15.1. The zero-order chi connectivity index (χ0) is 18.5. The average Bonchev–Trinajstić information content (AvgIpc) is 2.59. The van der Waals surface area contributed by atoms with E-state index in [9.17, 15) is 9.90 Å². The van der Waals surface area contributed by atoms with E-state index in [4.69, 9.17) is 4.74 Å². The SMILES string of the molecule is C=CCN(C)CCCCCCOC1CCC(N(CC=C)C(=O)O)CC1. The first-order valence-electron chi connectivity index (χ1n) is 9.60. The van der Waals surface area contributed by atoms with E-state index in [1.807, 2.05) is 6.08 Å². The van der Waals surface area contributed by atoms with Gasteiger partial charge in [0.1, 0.15) is 0 Å². The third-order valence-corrected chi connectivity index (χ3v) is 4.88. The molecule has 0 aromatic carbocycles. The van der Waals surface area contributed by atoms with Crippen LogP contribution < -0.4 is 0 Å². The molecule has 1 N–H and O–H groups in total. The molecule has 1 saturated carbocycles. The maximum atomic E-state index is 11.3. The van der Waals surface area contributed by atoms with Crippen molar-refractivity contribution in [3.8, 4) is 0 Å². The molecule has 144 valence electrons. The highest BCUT2D eigenvalue weighted by Gasteiger charge is 2.28. The maximum absolute atomic E-state index is 11.3. The number of hydrogen-bond acceptors (Lipinski definition) is 3. The Kier molecular flexibility index (Phi) is 11.2. The van der Waals surface area contributed by atoms with E-state index in [-0.39, 0.29) is 6.04 Å². The zero-order valence-electron chi connectivity index (χ0n) is 15.9. The summed E-state index contributed by atoms with van der Waals surface area (Å²) >= 11 is 0. The minimum absolute atomic E-state index is 0.114. The summed E-state index contributed by atoms with van der Waals surface area (Å²) in [5.41, 5.74) is 0. The van der Waals surface area contributed by atoms with Crippen LogP contribution in [0, 0.1) is 0 Å². The summed E-state index contributed by atoms with van der Waals surface area (Å²) in [6.07, 6.45) is 11.5. The van der Waals surface area contributed by atoms with E-state index in [1.54, 1.807) is 6.08 Å². The summed E-state index contributed by atoms with van der Waals surface area (Å²) in [7, 11) is 2.13. The Hall–Kier alpha value is -1.33. The summed E-state index contributed by atoms with van der Waals surface area (Å²) in [5, 5.41) is 9.27. The molecule has 0 atom stereocenters. The summed E-state index contributed by atoms with van der Waals surface area (Å²) in [5.74, 6) is 0. The van der Waals surface area contributed by atoms with Crippen LogP contribution in [0.15, 0.2) is 25.3 Å². The Balaban J connectivity index is 2.06. The molecule has 0 aliphatic heterocycles. The number of likely N-dealkylation sites (N-methyl/N-ethyl adjacent to an activating group) is 1. The van der Waals surface area contributed by atoms with Crippen LogP contribution in [-0.4, -0.2) is 66.4 Å². The molecule has 25 heavy (non-hydrogen) atoms. The maximum Gasteiger partial charge on any atom is 0.407 e. The van der Waals surface area contributed by atoms with Gasteiger partial charge in [-0.25, -0.2) is 4.79 Å². The number of hydrogen-bond donors (Lipinski definition) is 1. The van der Waals surface area contributed by atoms with Crippen molar-refractivity contribution < 1.29 is 14.6 Å². The van der Waals surface area contributed by atoms with Crippen molar-refractivity contribution >= 4 is 6.09 Å².